The van der Waals surface area contributed by atoms with Gasteiger partial charge >= 0.3 is 0 Å². The molecular formula is C18H25N3O2. The number of aromatic nitrogens is 1. The molecule has 1 N–H and O–H groups in total. The predicted octanol–water partition coefficient (Wildman–Crippen LogP) is 2.46. The first-order chi connectivity index (χ1) is 11.1. The van der Waals surface area contributed by atoms with Crippen LogP contribution < -0.4 is 5.32 Å². The number of amides is 1. The summed E-state index contributed by atoms with van der Waals surface area (Å²) in [6, 6.07) is 7.64. The van der Waals surface area contributed by atoms with Crippen LogP contribution in [0, 0.1) is 11.8 Å². The Labute approximate surface area is 137 Å². The second kappa shape index (κ2) is 7.13. The van der Waals surface area contributed by atoms with Crippen molar-refractivity contribution in [3.05, 3.63) is 30.0 Å². The topological polar surface area (TPSA) is 58.4 Å². The minimum atomic E-state index is 0.0198. The van der Waals surface area contributed by atoms with Gasteiger partial charge in [-0.1, -0.05) is 31.1 Å². The highest BCUT2D eigenvalue weighted by Gasteiger charge is 2.23. The van der Waals surface area contributed by atoms with E-state index in [1.165, 1.54) is 6.42 Å². The lowest BCUT2D eigenvalue weighted by atomic mass is 10.1. The maximum Gasteiger partial charge on any atom is 0.226 e. The highest BCUT2D eigenvalue weighted by Crippen LogP contribution is 2.19. The van der Waals surface area contributed by atoms with Gasteiger partial charge in [0.1, 0.15) is 5.69 Å². The van der Waals surface area contributed by atoms with Crippen molar-refractivity contribution in [2.24, 2.45) is 11.8 Å². The molecule has 5 nitrogen and oxygen atoms in total. The SMILES string of the molecule is CC(C)CN1CC[C@@H](CNC(=O)Cc2noc3ccccc23)C1. The molecule has 1 aliphatic heterocycles. The van der Waals surface area contributed by atoms with Crippen molar-refractivity contribution in [3.63, 3.8) is 0 Å². The molecule has 0 unspecified atom stereocenters. The number of carbonyl (C=O) groups is 1. The van der Waals surface area contributed by atoms with Crippen LogP contribution >= 0.6 is 0 Å². The Hall–Kier alpha value is -1.88. The van der Waals surface area contributed by atoms with Crippen LogP contribution in [0.2, 0.25) is 0 Å². The number of para-hydroxylation sites is 1. The number of hydrogen-bond donors (Lipinski definition) is 1. The Morgan fingerprint density at radius 1 is 1.43 bits per heavy atom. The standard InChI is InChI=1S/C18H25N3O2/c1-13(2)11-21-8-7-14(12-21)10-19-18(22)9-16-15-5-3-4-6-17(15)23-20-16/h3-6,13-14H,7-12H2,1-2H3,(H,19,22)/t14-/m0/s1. The van der Waals surface area contributed by atoms with Crippen molar-refractivity contribution < 1.29 is 9.32 Å². The zero-order valence-corrected chi connectivity index (χ0v) is 13.9. The Morgan fingerprint density at radius 2 is 2.26 bits per heavy atom. The molecule has 1 aromatic carbocycles. The largest absolute Gasteiger partial charge is 0.356 e. The smallest absolute Gasteiger partial charge is 0.226 e. The zero-order chi connectivity index (χ0) is 16.2. The molecule has 0 radical (unpaired) electrons. The number of likely N-dealkylation sites (tertiary alicyclic amines) is 1. The molecule has 2 aromatic rings. The third-order valence-electron chi connectivity index (χ3n) is 4.36. The lowest BCUT2D eigenvalue weighted by Crippen LogP contribution is -2.32. The molecule has 3 rings (SSSR count). The van der Waals surface area contributed by atoms with Crippen LogP contribution in [0.15, 0.2) is 28.8 Å². The average Bonchev–Trinajstić information content (AvgIpc) is 3.12. The van der Waals surface area contributed by atoms with Crippen molar-refractivity contribution in [2.45, 2.75) is 26.7 Å². The molecule has 124 valence electrons. The Kier molecular flexibility index (Phi) is 4.96. The number of nitrogens with zero attached hydrogens (tertiary/aromatic N) is 2. The molecule has 0 saturated carbocycles. The van der Waals surface area contributed by atoms with Gasteiger partial charge in [-0.25, -0.2) is 0 Å². The van der Waals surface area contributed by atoms with Crippen LogP contribution in [-0.2, 0) is 11.2 Å². The van der Waals surface area contributed by atoms with E-state index >= 15 is 0 Å². The van der Waals surface area contributed by atoms with Crippen molar-refractivity contribution in [1.29, 1.82) is 0 Å². The second-order valence-corrected chi connectivity index (χ2v) is 6.91. The van der Waals surface area contributed by atoms with Gasteiger partial charge in [-0.2, -0.15) is 0 Å². The molecule has 1 aliphatic rings. The van der Waals surface area contributed by atoms with Crippen molar-refractivity contribution >= 4 is 16.9 Å². The molecule has 0 bridgehead atoms. The first-order valence-electron chi connectivity index (χ1n) is 8.44. The minimum absolute atomic E-state index is 0.0198. The molecule has 1 fully saturated rings. The van der Waals surface area contributed by atoms with Gasteiger partial charge < -0.3 is 14.7 Å². The molecule has 0 aliphatic carbocycles. The molecule has 23 heavy (non-hydrogen) atoms. The fraction of sp³-hybridized carbons (Fsp3) is 0.556. The lowest BCUT2D eigenvalue weighted by Gasteiger charge is -2.18. The van der Waals surface area contributed by atoms with Gasteiger partial charge in [0.05, 0.1) is 6.42 Å². The Morgan fingerprint density at radius 3 is 3.09 bits per heavy atom. The van der Waals surface area contributed by atoms with Crippen molar-refractivity contribution in [2.75, 3.05) is 26.2 Å². The quantitative estimate of drug-likeness (QED) is 0.889. The van der Waals surface area contributed by atoms with Crippen LogP contribution in [-0.4, -0.2) is 42.1 Å². The molecule has 1 aromatic heterocycles. The molecule has 0 spiro atoms. The highest BCUT2D eigenvalue weighted by molar-refractivity contribution is 5.86. The fourth-order valence-corrected chi connectivity index (χ4v) is 3.30. The zero-order valence-electron chi connectivity index (χ0n) is 13.9. The van der Waals surface area contributed by atoms with Crippen molar-refractivity contribution in [1.82, 2.24) is 15.4 Å². The molecule has 1 amide bonds. The lowest BCUT2D eigenvalue weighted by molar-refractivity contribution is -0.120. The predicted molar refractivity (Wildman–Crippen MR) is 90.1 cm³/mol. The molecule has 5 heteroatoms. The monoisotopic (exact) mass is 315 g/mol. The number of nitrogens with one attached hydrogen (secondary N) is 1. The number of hydrogen-bond acceptors (Lipinski definition) is 4. The van der Waals surface area contributed by atoms with E-state index in [4.69, 9.17) is 4.52 Å². The number of fused-ring (bicyclic) bond motifs is 1. The van der Waals surface area contributed by atoms with E-state index in [-0.39, 0.29) is 12.3 Å². The van der Waals surface area contributed by atoms with Crippen LogP contribution in [0.4, 0.5) is 0 Å². The van der Waals surface area contributed by atoms with Crippen LogP contribution in [0.5, 0.6) is 0 Å². The first kappa shape index (κ1) is 16.0. The molecular weight excluding hydrogens is 290 g/mol. The average molecular weight is 315 g/mol. The van der Waals surface area contributed by atoms with E-state index in [9.17, 15) is 4.79 Å². The van der Waals surface area contributed by atoms with Gasteiger partial charge in [-0.05, 0) is 36.9 Å². The second-order valence-electron chi connectivity index (χ2n) is 6.91. The summed E-state index contributed by atoms with van der Waals surface area (Å²) in [5.41, 5.74) is 1.45. The number of carbonyl (C=O) groups excluding carboxylic acids is 1. The van der Waals surface area contributed by atoms with E-state index in [1.807, 2.05) is 24.3 Å². The van der Waals surface area contributed by atoms with Gasteiger partial charge in [0.15, 0.2) is 5.58 Å². The summed E-state index contributed by atoms with van der Waals surface area (Å²) in [6.45, 7) is 8.63. The summed E-state index contributed by atoms with van der Waals surface area (Å²) in [4.78, 5) is 14.7. The van der Waals surface area contributed by atoms with Crippen LogP contribution in [0.25, 0.3) is 11.0 Å². The van der Waals surface area contributed by atoms with Gasteiger partial charge in [0, 0.05) is 25.0 Å². The Bertz CT molecular complexity index is 665. The summed E-state index contributed by atoms with van der Waals surface area (Å²) in [7, 11) is 0. The maximum atomic E-state index is 12.2. The van der Waals surface area contributed by atoms with Gasteiger partial charge in [0.2, 0.25) is 5.91 Å². The minimum Gasteiger partial charge on any atom is -0.356 e. The fourth-order valence-electron chi connectivity index (χ4n) is 3.30. The Balaban J connectivity index is 1.47. The summed E-state index contributed by atoms with van der Waals surface area (Å²) in [5, 5.41) is 7.99. The number of rotatable bonds is 6. The van der Waals surface area contributed by atoms with Crippen LogP contribution in [0.1, 0.15) is 26.0 Å². The number of benzene rings is 1. The molecule has 1 atom stereocenters. The summed E-state index contributed by atoms with van der Waals surface area (Å²) < 4.78 is 5.24. The molecule has 2 heterocycles. The normalized spacial score (nSPS) is 18.8. The third kappa shape index (κ3) is 4.10. The maximum absolute atomic E-state index is 12.2. The summed E-state index contributed by atoms with van der Waals surface area (Å²) in [6.07, 6.45) is 1.44. The van der Waals surface area contributed by atoms with Gasteiger partial charge in [0.25, 0.3) is 0 Å². The summed E-state index contributed by atoms with van der Waals surface area (Å²) in [5.74, 6) is 1.28. The highest BCUT2D eigenvalue weighted by atomic mass is 16.5. The van der Waals surface area contributed by atoms with Crippen molar-refractivity contribution in [3.8, 4) is 0 Å². The third-order valence-corrected chi connectivity index (χ3v) is 4.36. The summed E-state index contributed by atoms with van der Waals surface area (Å²) >= 11 is 0. The van der Waals surface area contributed by atoms with E-state index < -0.39 is 0 Å². The molecule has 1 saturated heterocycles. The van der Waals surface area contributed by atoms with E-state index in [2.05, 4.69) is 29.2 Å². The van der Waals surface area contributed by atoms with E-state index in [0.29, 0.717) is 17.5 Å². The first-order valence-corrected chi connectivity index (χ1v) is 8.44. The van der Waals surface area contributed by atoms with Gasteiger partial charge in [-0.15, -0.1) is 0 Å². The van der Waals surface area contributed by atoms with Gasteiger partial charge in [-0.3, -0.25) is 4.79 Å². The van der Waals surface area contributed by atoms with E-state index in [0.717, 1.165) is 37.1 Å². The van der Waals surface area contributed by atoms with E-state index in [1.54, 1.807) is 0 Å². The van der Waals surface area contributed by atoms with Crippen LogP contribution in [0.3, 0.4) is 0 Å².